The molecule has 2 aliphatic rings. The second-order valence-corrected chi connectivity index (χ2v) is 6.90. The van der Waals surface area contributed by atoms with Gasteiger partial charge in [0.15, 0.2) is 18.3 Å². The highest BCUT2D eigenvalue weighted by Gasteiger charge is 2.33. The lowest BCUT2D eigenvalue weighted by molar-refractivity contribution is 0.143. The zero-order valence-electron chi connectivity index (χ0n) is 15.4. The van der Waals surface area contributed by atoms with Crippen LogP contribution in [0.15, 0.2) is 11.0 Å². The number of carbonyl (C=O) groups is 1. The zero-order chi connectivity index (χ0) is 20.2. The summed E-state index contributed by atoms with van der Waals surface area (Å²) in [5, 5.41) is 13.6. The number of rotatable bonds is 2. The van der Waals surface area contributed by atoms with E-state index in [1.165, 1.54) is 10.9 Å². The highest BCUT2D eigenvalue weighted by molar-refractivity contribution is 6.01. The van der Waals surface area contributed by atoms with Crippen molar-refractivity contribution in [2.45, 2.75) is 13.0 Å². The third-order valence-electron chi connectivity index (χ3n) is 4.95. The van der Waals surface area contributed by atoms with Crippen LogP contribution in [0.2, 0.25) is 0 Å². The first-order valence-corrected chi connectivity index (χ1v) is 8.73. The Kier molecular flexibility index (Phi) is 4.18. The van der Waals surface area contributed by atoms with Crippen molar-refractivity contribution >= 4 is 28.4 Å². The lowest BCUT2D eigenvalue weighted by atomic mass is 10.1. The van der Waals surface area contributed by atoms with Gasteiger partial charge in [0.1, 0.15) is 11.2 Å². The molecule has 2 aromatic rings. The van der Waals surface area contributed by atoms with Crippen LogP contribution in [0.5, 0.6) is 11.5 Å². The van der Waals surface area contributed by atoms with Crippen LogP contribution in [0.4, 0.5) is 20.6 Å². The second kappa shape index (κ2) is 6.44. The number of pyridine rings is 1. The number of anilines is 2. The lowest BCUT2D eigenvalue weighted by Crippen LogP contribution is -2.50. The predicted molar refractivity (Wildman–Crippen MR) is 101 cm³/mol. The number of nitrogens with two attached hydrogens (primary N) is 1. The van der Waals surface area contributed by atoms with E-state index in [2.05, 4.69) is 10.1 Å². The molecule has 150 valence electrons. The number of carboxylic acid groups (broad SMARTS) is 1. The molecule has 4 N–H and O–H groups in total. The highest BCUT2D eigenvalue weighted by atomic mass is 19.1. The van der Waals surface area contributed by atoms with Crippen molar-refractivity contribution in [1.82, 2.24) is 9.99 Å². The fraction of sp³-hybridized carbons (Fsp3) is 0.412. The molecule has 0 saturated carbocycles. The Morgan fingerprint density at radius 2 is 2.25 bits per heavy atom. The maximum Gasteiger partial charge on any atom is 0.511 e. The normalized spacial score (nSPS) is 18.9. The lowest BCUT2D eigenvalue weighted by Gasteiger charge is -2.38. The fourth-order valence-corrected chi connectivity index (χ4v) is 3.71. The molecular formula is C17H20FN5O5. The Morgan fingerprint density at radius 1 is 1.50 bits per heavy atom. The van der Waals surface area contributed by atoms with Crippen LogP contribution in [0, 0.1) is 5.82 Å². The van der Waals surface area contributed by atoms with Gasteiger partial charge in [-0.2, -0.15) is 0 Å². The number of nitrogen functional groups attached to an aromatic ring is 1. The van der Waals surface area contributed by atoms with Crippen molar-refractivity contribution < 1.29 is 23.8 Å². The summed E-state index contributed by atoms with van der Waals surface area (Å²) < 4.78 is 27.2. The summed E-state index contributed by atoms with van der Waals surface area (Å²) in [6, 6.07) is 0.136. The number of halogens is 1. The molecule has 2 aliphatic heterocycles. The van der Waals surface area contributed by atoms with Gasteiger partial charge in [0.25, 0.3) is 0 Å². The minimum absolute atomic E-state index is 0.0650. The van der Waals surface area contributed by atoms with Gasteiger partial charge in [0.2, 0.25) is 11.2 Å². The van der Waals surface area contributed by atoms with Gasteiger partial charge in [-0.1, -0.05) is 0 Å². The van der Waals surface area contributed by atoms with Crippen molar-refractivity contribution in [3.8, 4) is 11.5 Å². The molecule has 10 nitrogen and oxygen atoms in total. The summed E-state index contributed by atoms with van der Waals surface area (Å²) >= 11 is 0. The molecule has 1 aromatic heterocycles. The number of hydrogen-bond acceptors (Lipinski definition) is 8. The summed E-state index contributed by atoms with van der Waals surface area (Å²) in [5.74, 6) is -1.03. The van der Waals surface area contributed by atoms with Crippen LogP contribution in [-0.4, -0.2) is 55.4 Å². The van der Waals surface area contributed by atoms with Crippen molar-refractivity contribution in [2.24, 2.45) is 0 Å². The molecule has 1 saturated heterocycles. The number of nitrogens with zero attached hydrogens (tertiary/aromatic N) is 3. The standard InChI is InChI=1S/C17H20FN5O5/c1-8-5-22(4-3-20-8)14-11(18)12(19)10-13-16(14)27-7-21(2)23(13)6-9(15(10)24)28-17(25)26/h6,8,20H,3-5,7,19H2,1-2H3,(H,25,26). The Balaban J connectivity index is 2.05. The van der Waals surface area contributed by atoms with E-state index < -0.39 is 23.2 Å². The minimum Gasteiger partial charge on any atom is -0.467 e. The van der Waals surface area contributed by atoms with Gasteiger partial charge < -0.3 is 30.5 Å². The Labute approximate surface area is 158 Å². The van der Waals surface area contributed by atoms with E-state index in [1.807, 2.05) is 11.8 Å². The van der Waals surface area contributed by atoms with Gasteiger partial charge in [-0.25, -0.2) is 9.18 Å². The quantitative estimate of drug-likeness (QED) is 0.494. The van der Waals surface area contributed by atoms with Crippen molar-refractivity contribution in [1.29, 1.82) is 0 Å². The van der Waals surface area contributed by atoms with E-state index in [0.29, 0.717) is 19.6 Å². The van der Waals surface area contributed by atoms with Gasteiger partial charge in [-0.15, -0.1) is 0 Å². The number of ether oxygens (including phenoxy) is 2. The third-order valence-corrected chi connectivity index (χ3v) is 4.95. The van der Waals surface area contributed by atoms with Crippen LogP contribution in [-0.2, 0) is 0 Å². The zero-order valence-corrected chi connectivity index (χ0v) is 15.4. The van der Waals surface area contributed by atoms with Gasteiger partial charge in [0, 0.05) is 32.7 Å². The van der Waals surface area contributed by atoms with Crippen LogP contribution in [0.25, 0.3) is 10.9 Å². The largest absolute Gasteiger partial charge is 0.511 e. The molecule has 1 unspecified atom stereocenters. The topological polar surface area (TPSA) is 122 Å². The van der Waals surface area contributed by atoms with Crippen LogP contribution in [0.3, 0.4) is 0 Å². The molecule has 4 rings (SSSR count). The molecule has 1 aromatic carbocycles. The van der Waals surface area contributed by atoms with Crippen LogP contribution < -0.4 is 35.9 Å². The molecule has 0 aliphatic carbocycles. The molecule has 0 amide bonds. The number of aromatic nitrogens is 1. The molecule has 28 heavy (non-hydrogen) atoms. The molecule has 0 spiro atoms. The van der Waals surface area contributed by atoms with Gasteiger partial charge >= 0.3 is 6.16 Å². The first kappa shape index (κ1) is 18.2. The number of nitrogens with one attached hydrogen (secondary N) is 1. The van der Waals surface area contributed by atoms with Crippen LogP contribution >= 0.6 is 0 Å². The summed E-state index contributed by atoms with van der Waals surface area (Å²) in [6.07, 6.45) is -0.406. The third kappa shape index (κ3) is 2.66. The summed E-state index contributed by atoms with van der Waals surface area (Å²) in [7, 11) is 1.67. The molecule has 0 radical (unpaired) electrons. The molecule has 11 heteroatoms. The van der Waals surface area contributed by atoms with Gasteiger partial charge in [-0.05, 0) is 6.92 Å². The number of hydrogen-bond donors (Lipinski definition) is 3. The van der Waals surface area contributed by atoms with E-state index in [4.69, 9.17) is 15.6 Å². The number of piperazine rings is 1. The smallest absolute Gasteiger partial charge is 0.467 e. The monoisotopic (exact) mass is 393 g/mol. The molecule has 3 heterocycles. The molecule has 0 bridgehead atoms. The maximum atomic E-state index is 15.3. The summed E-state index contributed by atoms with van der Waals surface area (Å²) in [6.45, 7) is 3.80. The van der Waals surface area contributed by atoms with E-state index in [0.717, 1.165) is 0 Å². The maximum absolute atomic E-state index is 15.3. The highest BCUT2D eigenvalue weighted by Crippen LogP contribution is 2.44. The van der Waals surface area contributed by atoms with E-state index >= 15 is 4.39 Å². The van der Waals surface area contributed by atoms with Gasteiger partial charge in [-0.3, -0.25) is 14.5 Å². The molecular weight excluding hydrogens is 373 g/mol. The number of benzene rings is 1. The van der Waals surface area contributed by atoms with Gasteiger partial charge in [0.05, 0.1) is 17.3 Å². The second-order valence-electron chi connectivity index (χ2n) is 6.90. The predicted octanol–water partition coefficient (Wildman–Crippen LogP) is 0.495. The van der Waals surface area contributed by atoms with E-state index in [9.17, 15) is 9.59 Å². The van der Waals surface area contributed by atoms with Crippen molar-refractivity contribution in [3.63, 3.8) is 0 Å². The van der Waals surface area contributed by atoms with Crippen molar-refractivity contribution in [2.75, 3.05) is 49.1 Å². The average Bonchev–Trinajstić information content (AvgIpc) is 2.63. The average molecular weight is 393 g/mol. The SMILES string of the molecule is CC1CN(c2c(F)c(N)c3c(=O)c(OC(=O)O)cn4c3c2OCN4C)CCN1. The Morgan fingerprint density at radius 3 is 2.93 bits per heavy atom. The Hall–Kier alpha value is -3.21. The molecule has 1 fully saturated rings. The summed E-state index contributed by atoms with van der Waals surface area (Å²) in [4.78, 5) is 25.6. The first-order valence-electron chi connectivity index (χ1n) is 8.73. The van der Waals surface area contributed by atoms with Crippen molar-refractivity contribution in [3.05, 3.63) is 22.2 Å². The fourth-order valence-electron chi connectivity index (χ4n) is 3.71. The summed E-state index contributed by atoms with van der Waals surface area (Å²) in [5.41, 5.74) is 5.31. The van der Waals surface area contributed by atoms with E-state index in [1.54, 1.807) is 12.1 Å². The molecule has 1 atom stereocenters. The Bertz CT molecular complexity index is 1040. The first-order chi connectivity index (χ1) is 13.3. The van der Waals surface area contributed by atoms with E-state index in [-0.39, 0.29) is 40.8 Å². The van der Waals surface area contributed by atoms with Crippen LogP contribution in [0.1, 0.15) is 6.92 Å². The minimum atomic E-state index is -1.65.